The molecule has 0 unspecified atom stereocenters. The maximum atomic E-state index is 12.6. The van der Waals surface area contributed by atoms with E-state index in [1.807, 2.05) is 6.07 Å². The number of carbonyl (C=O) groups is 1. The molecule has 4 nitrogen and oxygen atoms in total. The minimum absolute atomic E-state index is 0.0369. The molecule has 100 valence electrons. The highest BCUT2D eigenvalue weighted by molar-refractivity contribution is 6.27. The fraction of sp³-hybridized carbons (Fsp3) is 0. The van der Waals surface area contributed by atoms with E-state index in [2.05, 4.69) is 0 Å². The molecule has 3 aromatic rings. The zero-order valence-electron chi connectivity index (χ0n) is 10.9. The lowest BCUT2D eigenvalue weighted by atomic mass is 9.82. The molecule has 0 radical (unpaired) electrons. The highest BCUT2D eigenvalue weighted by Crippen LogP contribution is 2.44. The summed E-state index contributed by atoms with van der Waals surface area (Å²) in [4.78, 5) is 23.6. The lowest BCUT2D eigenvalue weighted by Gasteiger charge is -2.19. The molecule has 0 atom stereocenters. The Hall–Kier alpha value is -3.01. The van der Waals surface area contributed by atoms with Gasteiger partial charge in [0.1, 0.15) is 0 Å². The van der Waals surface area contributed by atoms with Gasteiger partial charge in [0.2, 0.25) is 0 Å². The van der Waals surface area contributed by atoms with Crippen molar-refractivity contribution >= 4 is 22.2 Å². The molecule has 3 aromatic carbocycles. The third-order valence-corrected chi connectivity index (χ3v) is 3.91. The van der Waals surface area contributed by atoms with Gasteiger partial charge >= 0.3 is 0 Å². The predicted octanol–water partition coefficient (Wildman–Crippen LogP) is 3.96. The first-order valence-electron chi connectivity index (χ1n) is 6.52. The summed E-state index contributed by atoms with van der Waals surface area (Å²) in [7, 11) is 0. The highest BCUT2D eigenvalue weighted by atomic mass is 16.6. The third-order valence-electron chi connectivity index (χ3n) is 3.91. The maximum Gasteiger partial charge on any atom is 0.277 e. The van der Waals surface area contributed by atoms with E-state index in [0.29, 0.717) is 27.6 Å². The van der Waals surface area contributed by atoms with Gasteiger partial charge in [-0.25, -0.2) is 0 Å². The average molecular weight is 275 g/mol. The number of benzene rings is 3. The van der Waals surface area contributed by atoms with Crippen LogP contribution in [0.3, 0.4) is 0 Å². The van der Waals surface area contributed by atoms with Gasteiger partial charge in [0, 0.05) is 28.1 Å². The van der Waals surface area contributed by atoms with Crippen molar-refractivity contribution in [1.29, 1.82) is 0 Å². The van der Waals surface area contributed by atoms with Crippen molar-refractivity contribution < 1.29 is 9.72 Å². The van der Waals surface area contributed by atoms with E-state index in [-0.39, 0.29) is 11.5 Å². The van der Waals surface area contributed by atoms with Gasteiger partial charge in [-0.05, 0) is 11.5 Å². The number of hydrogen-bond donors (Lipinski definition) is 0. The molecule has 0 aliphatic heterocycles. The van der Waals surface area contributed by atoms with Crippen LogP contribution in [-0.2, 0) is 0 Å². The zero-order chi connectivity index (χ0) is 14.6. The largest absolute Gasteiger partial charge is 0.289 e. The Morgan fingerprint density at radius 3 is 2.29 bits per heavy atom. The van der Waals surface area contributed by atoms with Crippen LogP contribution in [0.4, 0.5) is 5.69 Å². The van der Waals surface area contributed by atoms with E-state index < -0.39 is 4.92 Å². The maximum absolute atomic E-state index is 12.6. The Balaban J connectivity index is 2.29. The van der Waals surface area contributed by atoms with E-state index in [4.69, 9.17) is 0 Å². The molecule has 0 fully saturated rings. The van der Waals surface area contributed by atoms with Crippen molar-refractivity contribution in [1.82, 2.24) is 0 Å². The van der Waals surface area contributed by atoms with Gasteiger partial charge in [0.25, 0.3) is 5.69 Å². The van der Waals surface area contributed by atoms with Crippen LogP contribution >= 0.6 is 0 Å². The Morgan fingerprint density at radius 2 is 1.52 bits per heavy atom. The SMILES string of the molecule is O=C1c2ccccc2-c2c([N+](=O)[O-])ccc3cccc1c23. The second-order valence-electron chi connectivity index (χ2n) is 5.00. The smallest absolute Gasteiger partial charge is 0.277 e. The van der Waals surface area contributed by atoms with Gasteiger partial charge < -0.3 is 0 Å². The molecule has 0 aromatic heterocycles. The van der Waals surface area contributed by atoms with Gasteiger partial charge in [-0.3, -0.25) is 14.9 Å². The molecule has 1 aliphatic rings. The normalized spacial score (nSPS) is 12.3. The second kappa shape index (κ2) is 3.99. The summed E-state index contributed by atoms with van der Waals surface area (Å²) in [5, 5.41) is 12.9. The Kier molecular flexibility index (Phi) is 2.24. The Morgan fingerprint density at radius 1 is 0.810 bits per heavy atom. The van der Waals surface area contributed by atoms with E-state index >= 15 is 0 Å². The number of carbonyl (C=O) groups excluding carboxylic acids is 1. The third kappa shape index (κ3) is 1.47. The number of nitro groups is 1. The Labute approximate surface area is 119 Å². The quantitative estimate of drug-likeness (QED) is 0.390. The molecular weight excluding hydrogens is 266 g/mol. The van der Waals surface area contributed by atoms with Gasteiger partial charge in [-0.2, -0.15) is 0 Å². The molecule has 0 spiro atoms. The molecule has 4 rings (SSSR count). The molecular formula is C17H9NO3. The van der Waals surface area contributed by atoms with Gasteiger partial charge in [-0.15, -0.1) is 0 Å². The number of rotatable bonds is 1. The fourth-order valence-electron chi connectivity index (χ4n) is 3.03. The average Bonchev–Trinajstić information content (AvgIpc) is 2.51. The van der Waals surface area contributed by atoms with Gasteiger partial charge in [0.05, 0.1) is 10.5 Å². The summed E-state index contributed by atoms with van der Waals surface area (Å²) < 4.78 is 0. The van der Waals surface area contributed by atoms with Crippen molar-refractivity contribution in [3.63, 3.8) is 0 Å². The first kappa shape index (κ1) is 11.8. The predicted molar refractivity (Wildman–Crippen MR) is 79.5 cm³/mol. The van der Waals surface area contributed by atoms with Crippen LogP contribution in [0.1, 0.15) is 15.9 Å². The summed E-state index contributed by atoms with van der Waals surface area (Å²) in [5.41, 5.74) is 2.27. The lowest BCUT2D eigenvalue weighted by Crippen LogP contribution is -2.10. The molecule has 0 heterocycles. The molecule has 0 saturated carbocycles. The van der Waals surface area contributed by atoms with Crippen LogP contribution in [0, 0.1) is 10.1 Å². The van der Waals surface area contributed by atoms with E-state index in [1.54, 1.807) is 42.5 Å². The molecule has 21 heavy (non-hydrogen) atoms. The second-order valence-corrected chi connectivity index (χ2v) is 5.00. The lowest BCUT2D eigenvalue weighted by molar-refractivity contribution is -0.384. The summed E-state index contributed by atoms with van der Waals surface area (Å²) in [5.74, 6) is -0.0794. The van der Waals surface area contributed by atoms with Crippen molar-refractivity contribution in [2.75, 3.05) is 0 Å². The number of nitro benzene ring substituents is 1. The van der Waals surface area contributed by atoms with Crippen LogP contribution in [0.15, 0.2) is 54.6 Å². The van der Waals surface area contributed by atoms with Crippen molar-refractivity contribution in [3.8, 4) is 11.1 Å². The van der Waals surface area contributed by atoms with Crippen molar-refractivity contribution in [3.05, 3.63) is 75.8 Å². The van der Waals surface area contributed by atoms with Crippen LogP contribution in [0.5, 0.6) is 0 Å². The highest BCUT2D eigenvalue weighted by Gasteiger charge is 2.30. The van der Waals surface area contributed by atoms with E-state index in [0.717, 1.165) is 5.39 Å². The number of fused-ring (bicyclic) bond motifs is 2. The zero-order valence-corrected chi connectivity index (χ0v) is 10.9. The molecule has 0 N–H and O–H groups in total. The number of ketones is 1. The molecule has 4 heteroatoms. The number of hydrogen-bond acceptors (Lipinski definition) is 3. The van der Waals surface area contributed by atoms with Crippen molar-refractivity contribution in [2.45, 2.75) is 0 Å². The van der Waals surface area contributed by atoms with Crippen LogP contribution in [0.25, 0.3) is 21.9 Å². The van der Waals surface area contributed by atoms with Crippen molar-refractivity contribution in [2.24, 2.45) is 0 Å². The van der Waals surface area contributed by atoms with Gasteiger partial charge in [0.15, 0.2) is 5.78 Å². The summed E-state index contributed by atoms with van der Waals surface area (Å²) in [6.45, 7) is 0. The first-order chi connectivity index (χ1) is 10.2. The van der Waals surface area contributed by atoms with E-state index in [1.165, 1.54) is 6.07 Å². The number of nitrogens with zero attached hydrogens (tertiary/aromatic N) is 1. The molecule has 1 aliphatic carbocycles. The summed E-state index contributed by atoms with van der Waals surface area (Å²) in [6.07, 6.45) is 0. The minimum Gasteiger partial charge on any atom is -0.289 e. The first-order valence-corrected chi connectivity index (χ1v) is 6.52. The summed E-state index contributed by atoms with van der Waals surface area (Å²) >= 11 is 0. The topological polar surface area (TPSA) is 60.2 Å². The Bertz CT molecular complexity index is 944. The van der Waals surface area contributed by atoms with Crippen LogP contribution in [0.2, 0.25) is 0 Å². The summed E-state index contributed by atoms with van der Waals surface area (Å²) in [6, 6.07) is 15.7. The standard InChI is InChI=1S/C17H9NO3/c19-17-12-6-2-1-5-11(12)16-14(18(20)21)9-8-10-4-3-7-13(17)15(10)16/h1-9H. The molecule has 0 amide bonds. The molecule has 0 bridgehead atoms. The van der Waals surface area contributed by atoms with E-state index in [9.17, 15) is 14.9 Å². The van der Waals surface area contributed by atoms with Gasteiger partial charge in [-0.1, -0.05) is 42.5 Å². The van der Waals surface area contributed by atoms with Crippen LogP contribution < -0.4 is 0 Å². The minimum atomic E-state index is -0.391. The fourth-order valence-corrected chi connectivity index (χ4v) is 3.03. The molecule has 0 saturated heterocycles. The van der Waals surface area contributed by atoms with Crippen LogP contribution in [-0.4, -0.2) is 10.7 Å². The monoisotopic (exact) mass is 275 g/mol.